The Morgan fingerprint density at radius 3 is 2.33 bits per heavy atom. The lowest BCUT2D eigenvalue weighted by atomic mass is 10.1. The number of hydrogen-bond donors (Lipinski definition) is 0. The van der Waals surface area contributed by atoms with Crippen LogP contribution in [0.15, 0.2) is 42.5 Å². The fourth-order valence-electron chi connectivity index (χ4n) is 4.25. The van der Waals surface area contributed by atoms with Crippen LogP contribution >= 0.6 is 24.8 Å². The first-order valence-corrected chi connectivity index (χ1v) is 10.5. The number of Topliss-reactive ketones (excluding diaryl/α,β-unsaturated/α-hetero) is 1. The molecular formula is C24H32Cl2N2O2. The molecule has 0 atom stereocenters. The Kier molecular flexibility index (Phi) is 9.47. The van der Waals surface area contributed by atoms with Crippen LogP contribution in [-0.2, 0) is 12.8 Å². The monoisotopic (exact) mass is 450 g/mol. The number of nitrogens with zero attached hydrogens (tertiary/aromatic N) is 2. The highest BCUT2D eigenvalue weighted by Crippen LogP contribution is 2.26. The summed E-state index contributed by atoms with van der Waals surface area (Å²) in [5.74, 6) is 1.15. The molecule has 1 aliphatic heterocycles. The summed E-state index contributed by atoms with van der Waals surface area (Å²) in [6.45, 7) is 7.70. The SMILES string of the molecule is CC(=O)c1ccc(N2CCN(CCCOc3ccc4c(c3)CCC4)CC2)cc1.Cl.Cl. The molecule has 0 unspecified atom stereocenters. The van der Waals surface area contributed by atoms with E-state index in [9.17, 15) is 4.79 Å². The van der Waals surface area contributed by atoms with Crippen molar-refractivity contribution < 1.29 is 9.53 Å². The first-order chi connectivity index (χ1) is 13.7. The van der Waals surface area contributed by atoms with Crippen molar-refractivity contribution in [2.45, 2.75) is 32.6 Å². The second kappa shape index (κ2) is 11.6. The van der Waals surface area contributed by atoms with Crippen LogP contribution < -0.4 is 9.64 Å². The van der Waals surface area contributed by atoms with Crippen molar-refractivity contribution in [2.75, 3.05) is 44.2 Å². The van der Waals surface area contributed by atoms with Crippen molar-refractivity contribution in [3.05, 3.63) is 59.2 Å². The largest absolute Gasteiger partial charge is 0.494 e. The first-order valence-electron chi connectivity index (χ1n) is 10.5. The summed E-state index contributed by atoms with van der Waals surface area (Å²) in [6, 6.07) is 14.6. The fourth-order valence-corrected chi connectivity index (χ4v) is 4.25. The molecule has 0 spiro atoms. The van der Waals surface area contributed by atoms with Gasteiger partial charge in [0.2, 0.25) is 0 Å². The van der Waals surface area contributed by atoms with Gasteiger partial charge in [0.25, 0.3) is 0 Å². The summed E-state index contributed by atoms with van der Waals surface area (Å²) in [5, 5.41) is 0. The number of ether oxygens (including phenoxy) is 1. The Morgan fingerprint density at radius 2 is 1.63 bits per heavy atom. The molecule has 0 N–H and O–H groups in total. The van der Waals surface area contributed by atoms with Gasteiger partial charge in [-0.3, -0.25) is 9.69 Å². The second-order valence-corrected chi connectivity index (χ2v) is 7.92. The van der Waals surface area contributed by atoms with Crippen LogP contribution in [0.25, 0.3) is 0 Å². The zero-order valence-electron chi connectivity index (χ0n) is 17.6. The highest BCUT2D eigenvalue weighted by Gasteiger charge is 2.17. The molecule has 1 fully saturated rings. The Labute approximate surface area is 192 Å². The van der Waals surface area contributed by atoms with Crippen LogP contribution in [0, 0.1) is 0 Å². The molecule has 1 heterocycles. The topological polar surface area (TPSA) is 32.8 Å². The van der Waals surface area contributed by atoms with Crippen LogP contribution in [-0.4, -0.2) is 50.0 Å². The van der Waals surface area contributed by atoms with Crippen LogP contribution in [0.2, 0.25) is 0 Å². The van der Waals surface area contributed by atoms with Gasteiger partial charge >= 0.3 is 0 Å². The number of hydrogen-bond acceptors (Lipinski definition) is 4. The molecule has 0 radical (unpaired) electrons. The number of aryl methyl sites for hydroxylation is 2. The lowest BCUT2D eigenvalue weighted by Gasteiger charge is -2.36. The number of ketones is 1. The predicted molar refractivity (Wildman–Crippen MR) is 128 cm³/mol. The lowest BCUT2D eigenvalue weighted by Crippen LogP contribution is -2.46. The molecule has 0 bridgehead atoms. The van der Waals surface area contributed by atoms with Gasteiger partial charge in [0.1, 0.15) is 5.75 Å². The van der Waals surface area contributed by atoms with Crippen molar-refractivity contribution in [3.8, 4) is 5.75 Å². The third-order valence-electron chi connectivity index (χ3n) is 5.97. The van der Waals surface area contributed by atoms with Crippen molar-refractivity contribution in [3.63, 3.8) is 0 Å². The maximum absolute atomic E-state index is 11.4. The smallest absolute Gasteiger partial charge is 0.159 e. The Bertz CT molecular complexity index is 818. The van der Waals surface area contributed by atoms with Gasteiger partial charge in [0.05, 0.1) is 6.61 Å². The average molecular weight is 451 g/mol. The number of carbonyl (C=O) groups excluding carboxylic acids is 1. The van der Waals surface area contributed by atoms with E-state index in [0.717, 1.165) is 57.1 Å². The highest BCUT2D eigenvalue weighted by atomic mass is 35.5. The average Bonchev–Trinajstić information content (AvgIpc) is 3.20. The van der Waals surface area contributed by atoms with Gasteiger partial charge in [-0.1, -0.05) is 6.07 Å². The van der Waals surface area contributed by atoms with E-state index in [4.69, 9.17) is 4.74 Å². The molecule has 1 saturated heterocycles. The summed E-state index contributed by atoms with van der Waals surface area (Å²) < 4.78 is 5.98. The standard InChI is InChI=1S/C24H30N2O2.2ClH/c1-19(27)20-6-9-23(10-7-20)26-15-13-25(14-16-26)12-3-17-28-24-11-8-21-4-2-5-22(21)18-24;;/h6-11,18H,2-5,12-17H2,1H3;2*1H. The quantitative estimate of drug-likeness (QED) is 0.447. The molecule has 2 aliphatic rings. The molecule has 1 aliphatic carbocycles. The number of rotatable bonds is 7. The minimum atomic E-state index is 0. The van der Waals surface area contributed by atoms with Gasteiger partial charge in [-0.05, 0) is 80.1 Å². The van der Waals surface area contributed by atoms with E-state index in [-0.39, 0.29) is 30.6 Å². The summed E-state index contributed by atoms with van der Waals surface area (Å²) in [7, 11) is 0. The number of piperazine rings is 1. The maximum atomic E-state index is 11.4. The summed E-state index contributed by atoms with van der Waals surface area (Å²) in [6.07, 6.45) is 4.77. The maximum Gasteiger partial charge on any atom is 0.159 e. The molecule has 6 heteroatoms. The molecule has 30 heavy (non-hydrogen) atoms. The minimum Gasteiger partial charge on any atom is -0.494 e. The summed E-state index contributed by atoms with van der Waals surface area (Å²) >= 11 is 0. The first kappa shape index (κ1) is 24.5. The van der Waals surface area contributed by atoms with Crippen molar-refractivity contribution in [2.24, 2.45) is 0 Å². The molecule has 164 valence electrons. The van der Waals surface area contributed by atoms with Crippen molar-refractivity contribution in [1.82, 2.24) is 4.90 Å². The van der Waals surface area contributed by atoms with E-state index in [1.54, 1.807) is 6.92 Å². The van der Waals surface area contributed by atoms with Crippen LogP contribution in [0.1, 0.15) is 41.3 Å². The molecule has 4 rings (SSSR count). The molecular weight excluding hydrogens is 419 g/mol. The zero-order chi connectivity index (χ0) is 19.3. The van der Waals surface area contributed by atoms with Crippen LogP contribution in [0.4, 0.5) is 5.69 Å². The Hall–Kier alpha value is -1.75. The van der Waals surface area contributed by atoms with E-state index in [2.05, 4.69) is 40.1 Å². The molecule has 2 aromatic rings. The molecule has 2 aromatic carbocycles. The van der Waals surface area contributed by atoms with Crippen LogP contribution in [0.3, 0.4) is 0 Å². The summed E-state index contributed by atoms with van der Waals surface area (Å²) in [4.78, 5) is 16.3. The van der Waals surface area contributed by atoms with Gasteiger partial charge in [0, 0.05) is 44.0 Å². The number of carbonyl (C=O) groups is 1. The van der Waals surface area contributed by atoms with E-state index >= 15 is 0 Å². The van der Waals surface area contributed by atoms with Gasteiger partial charge in [-0.25, -0.2) is 0 Å². The van der Waals surface area contributed by atoms with Crippen molar-refractivity contribution >= 4 is 36.3 Å². The number of anilines is 1. The normalized spacial score (nSPS) is 15.7. The zero-order valence-corrected chi connectivity index (χ0v) is 19.3. The van der Waals surface area contributed by atoms with Gasteiger partial charge in [-0.15, -0.1) is 24.8 Å². The molecule has 0 amide bonds. The van der Waals surface area contributed by atoms with E-state index in [0.29, 0.717) is 0 Å². The van der Waals surface area contributed by atoms with Gasteiger partial charge in [0.15, 0.2) is 5.78 Å². The fraction of sp³-hybridized carbons (Fsp3) is 0.458. The van der Waals surface area contributed by atoms with Gasteiger partial charge < -0.3 is 9.64 Å². The Balaban J connectivity index is 0.00000160. The molecule has 0 aromatic heterocycles. The Morgan fingerprint density at radius 1 is 0.933 bits per heavy atom. The molecule has 4 nitrogen and oxygen atoms in total. The number of benzene rings is 2. The second-order valence-electron chi connectivity index (χ2n) is 7.92. The van der Waals surface area contributed by atoms with E-state index in [1.807, 2.05) is 12.1 Å². The third kappa shape index (κ3) is 6.13. The number of halogens is 2. The third-order valence-corrected chi connectivity index (χ3v) is 5.97. The lowest BCUT2D eigenvalue weighted by molar-refractivity contribution is 0.101. The highest BCUT2D eigenvalue weighted by molar-refractivity contribution is 5.94. The van der Waals surface area contributed by atoms with Crippen molar-refractivity contribution in [1.29, 1.82) is 0 Å². The summed E-state index contributed by atoms with van der Waals surface area (Å²) in [5.41, 5.74) is 4.97. The number of fused-ring (bicyclic) bond motifs is 1. The molecule has 0 saturated carbocycles. The minimum absolute atomic E-state index is 0. The van der Waals surface area contributed by atoms with E-state index < -0.39 is 0 Å². The van der Waals surface area contributed by atoms with Crippen LogP contribution in [0.5, 0.6) is 5.75 Å². The van der Waals surface area contributed by atoms with Gasteiger partial charge in [-0.2, -0.15) is 0 Å². The van der Waals surface area contributed by atoms with E-state index in [1.165, 1.54) is 36.1 Å². The predicted octanol–water partition coefficient (Wildman–Crippen LogP) is 4.81.